The largest absolute Gasteiger partial charge is 0.355 e. The SMILES string of the molecule is CCN1CCCC1CNC(=NCc1nnc(C)n1C)NC1CCCC(C(=O)NC(C)C)C1. The smallest absolute Gasteiger partial charge is 0.223 e. The number of amides is 1. The summed E-state index contributed by atoms with van der Waals surface area (Å²) in [6.45, 7) is 11.8. The van der Waals surface area contributed by atoms with Crippen molar-refractivity contribution in [3.05, 3.63) is 11.6 Å². The molecule has 2 heterocycles. The third-order valence-corrected chi connectivity index (χ3v) is 6.79. The van der Waals surface area contributed by atoms with Gasteiger partial charge in [0.1, 0.15) is 12.4 Å². The maximum absolute atomic E-state index is 12.6. The minimum atomic E-state index is 0.0664. The highest BCUT2D eigenvalue weighted by atomic mass is 16.1. The van der Waals surface area contributed by atoms with Crippen LogP contribution in [0.4, 0.5) is 0 Å². The van der Waals surface area contributed by atoms with Gasteiger partial charge >= 0.3 is 0 Å². The number of nitrogens with one attached hydrogen (secondary N) is 3. The molecule has 0 radical (unpaired) electrons. The van der Waals surface area contributed by atoms with Crippen LogP contribution in [0.5, 0.6) is 0 Å². The van der Waals surface area contributed by atoms with Crippen molar-refractivity contribution >= 4 is 11.9 Å². The number of aromatic nitrogens is 3. The summed E-state index contributed by atoms with van der Waals surface area (Å²) in [6, 6.07) is 0.961. The second-order valence-corrected chi connectivity index (χ2v) is 9.56. The van der Waals surface area contributed by atoms with Crippen molar-refractivity contribution in [3.63, 3.8) is 0 Å². The van der Waals surface area contributed by atoms with Gasteiger partial charge < -0.3 is 20.5 Å². The van der Waals surface area contributed by atoms with Crippen LogP contribution in [0.15, 0.2) is 4.99 Å². The Balaban J connectivity index is 1.64. The van der Waals surface area contributed by atoms with Gasteiger partial charge in [0, 0.05) is 37.6 Å². The van der Waals surface area contributed by atoms with E-state index >= 15 is 0 Å². The molecule has 32 heavy (non-hydrogen) atoms. The van der Waals surface area contributed by atoms with E-state index in [1.165, 1.54) is 19.4 Å². The van der Waals surface area contributed by atoms with E-state index in [2.05, 4.69) is 38.0 Å². The van der Waals surface area contributed by atoms with Crippen LogP contribution in [-0.4, -0.2) is 69.3 Å². The fourth-order valence-electron chi connectivity index (χ4n) is 4.80. The van der Waals surface area contributed by atoms with E-state index < -0.39 is 0 Å². The lowest BCUT2D eigenvalue weighted by molar-refractivity contribution is -0.126. The lowest BCUT2D eigenvalue weighted by atomic mass is 9.85. The van der Waals surface area contributed by atoms with Crippen LogP contribution >= 0.6 is 0 Å². The van der Waals surface area contributed by atoms with E-state index in [1.54, 1.807) is 0 Å². The van der Waals surface area contributed by atoms with Crippen LogP contribution in [0.3, 0.4) is 0 Å². The number of rotatable bonds is 8. The molecule has 0 bridgehead atoms. The number of likely N-dealkylation sites (tertiary alicyclic amines) is 1. The van der Waals surface area contributed by atoms with E-state index in [-0.39, 0.29) is 23.9 Å². The van der Waals surface area contributed by atoms with Gasteiger partial charge in [0.05, 0.1) is 0 Å². The predicted octanol–water partition coefficient (Wildman–Crippen LogP) is 1.73. The van der Waals surface area contributed by atoms with E-state index in [9.17, 15) is 4.79 Å². The van der Waals surface area contributed by atoms with Crippen LogP contribution in [-0.2, 0) is 18.4 Å². The number of aryl methyl sites for hydroxylation is 1. The third-order valence-electron chi connectivity index (χ3n) is 6.79. The molecule has 0 aromatic carbocycles. The van der Waals surface area contributed by atoms with Crippen molar-refractivity contribution in [3.8, 4) is 0 Å². The van der Waals surface area contributed by atoms with Crippen LogP contribution in [0.2, 0.25) is 0 Å². The van der Waals surface area contributed by atoms with Crippen LogP contribution in [0.1, 0.15) is 70.9 Å². The zero-order chi connectivity index (χ0) is 23.1. The van der Waals surface area contributed by atoms with Gasteiger partial charge in [-0.2, -0.15) is 0 Å². The highest BCUT2D eigenvalue weighted by molar-refractivity contribution is 5.81. The molecule has 1 aliphatic carbocycles. The number of hydrogen-bond acceptors (Lipinski definition) is 5. The molecule has 1 amide bonds. The van der Waals surface area contributed by atoms with Crippen molar-refractivity contribution in [2.24, 2.45) is 18.0 Å². The highest BCUT2D eigenvalue weighted by Crippen LogP contribution is 2.24. The first-order valence-corrected chi connectivity index (χ1v) is 12.3. The number of aliphatic imine (C=N–C) groups is 1. The minimum absolute atomic E-state index is 0.0664. The van der Waals surface area contributed by atoms with Crippen molar-refractivity contribution in [1.82, 2.24) is 35.6 Å². The molecule has 1 aromatic heterocycles. The Morgan fingerprint density at radius 2 is 2.03 bits per heavy atom. The number of guanidine groups is 1. The fraction of sp³-hybridized carbons (Fsp3) is 0.826. The predicted molar refractivity (Wildman–Crippen MR) is 127 cm³/mol. The molecular weight excluding hydrogens is 404 g/mol. The molecule has 3 rings (SSSR count). The average molecular weight is 447 g/mol. The van der Waals surface area contributed by atoms with Gasteiger partial charge in [-0.05, 0) is 66.0 Å². The van der Waals surface area contributed by atoms with Crippen LogP contribution in [0, 0.1) is 12.8 Å². The van der Waals surface area contributed by atoms with Gasteiger partial charge in [0.15, 0.2) is 11.8 Å². The average Bonchev–Trinajstić information content (AvgIpc) is 3.36. The summed E-state index contributed by atoms with van der Waals surface area (Å²) in [5.41, 5.74) is 0. The summed E-state index contributed by atoms with van der Waals surface area (Å²) in [6.07, 6.45) is 6.38. The normalized spacial score (nSPS) is 24.7. The van der Waals surface area contributed by atoms with Crippen molar-refractivity contribution < 1.29 is 4.79 Å². The van der Waals surface area contributed by atoms with Crippen LogP contribution < -0.4 is 16.0 Å². The standard InChI is InChI=1S/C23H42N8O/c1-6-31-12-8-11-20(31)14-24-23(25-15-21-29-28-17(4)30(21)5)27-19-10-7-9-18(13-19)22(32)26-16(2)3/h16,18-20H,6-15H2,1-5H3,(H,26,32)(H2,24,25,27). The van der Waals surface area contributed by atoms with Gasteiger partial charge in [-0.25, -0.2) is 4.99 Å². The zero-order valence-corrected chi connectivity index (χ0v) is 20.5. The Bertz CT molecular complexity index is 774. The second kappa shape index (κ2) is 11.6. The molecule has 9 heteroatoms. The second-order valence-electron chi connectivity index (χ2n) is 9.56. The molecule has 3 unspecified atom stereocenters. The van der Waals surface area contributed by atoms with Gasteiger partial charge in [-0.3, -0.25) is 9.69 Å². The number of nitrogens with zero attached hydrogens (tertiary/aromatic N) is 5. The lowest BCUT2D eigenvalue weighted by Gasteiger charge is -2.31. The Labute approximate surface area is 192 Å². The molecule has 1 aliphatic heterocycles. The maximum atomic E-state index is 12.6. The molecular formula is C23H42N8O. The van der Waals surface area contributed by atoms with Gasteiger partial charge in [0.25, 0.3) is 0 Å². The minimum Gasteiger partial charge on any atom is -0.355 e. The Kier molecular flexibility index (Phi) is 8.90. The van der Waals surface area contributed by atoms with E-state index in [4.69, 9.17) is 4.99 Å². The summed E-state index contributed by atoms with van der Waals surface area (Å²) in [7, 11) is 1.97. The fourth-order valence-corrected chi connectivity index (χ4v) is 4.80. The summed E-state index contributed by atoms with van der Waals surface area (Å²) in [4.78, 5) is 19.9. The highest BCUT2D eigenvalue weighted by Gasteiger charge is 2.29. The molecule has 9 nitrogen and oxygen atoms in total. The van der Waals surface area contributed by atoms with E-state index in [0.29, 0.717) is 12.6 Å². The summed E-state index contributed by atoms with van der Waals surface area (Å²) in [5, 5.41) is 18.7. The summed E-state index contributed by atoms with van der Waals surface area (Å²) >= 11 is 0. The number of hydrogen-bond donors (Lipinski definition) is 3. The molecule has 2 fully saturated rings. The van der Waals surface area contributed by atoms with Gasteiger partial charge in [-0.1, -0.05) is 13.3 Å². The number of likely N-dealkylation sites (N-methyl/N-ethyl adjacent to an activating group) is 1. The molecule has 0 spiro atoms. The Hall–Kier alpha value is -2.16. The Morgan fingerprint density at radius 1 is 1.22 bits per heavy atom. The van der Waals surface area contributed by atoms with Crippen molar-refractivity contribution in [2.75, 3.05) is 19.6 Å². The lowest BCUT2D eigenvalue weighted by Crippen LogP contribution is -2.50. The Morgan fingerprint density at radius 3 is 2.72 bits per heavy atom. The molecule has 1 saturated carbocycles. The van der Waals surface area contributed by atoms with Crippen molar-refractivity contribution in [2.45, 2.75) is 90.9 Å². The van der Waals surface area contributed by atoms with Gasteiger partial charge in [0.2, 0.25) is 5.91 Å². The van der Waals surface area contributed by atoms with Gasteiger partial charge in [-0.15, -0.1) is 10.2 Å². The molecule has 2 aliphatic rings. The summed E-state index contributed by atoms with van der Waals surface area (Å²) in [5.74, 6) is 2.78. The maximum Gasteiger partial charge on any atom is 0.223 e. The molecule has 180 valence electrons. The quantitative estimate of drug-likeness (QED) is 0.415. The number of carbonyl (C=O) groups is 1. The van der Waals surface area contributed by atoms with E-state index in [1.807, 2.05) is 32.4 Å². The third kappa shape index (κ3) is 6.67. The molecule has 1 aromatic rings. The molecule has 3 atom stereocenters. The molecule has 3 N–H and O–H groups in total. The first-order chi connectivity index (χ1) is 15.4. The first-order valence-electron chi connectivity index (χ1n) is 12.3. The van der Waals surface area contributed by atoms with Crippen molar-refractivity contribution in [1.29, 1.82) is 0 Å². The van der Waals surface area contributed by atoms with Crippen LogP contribution in [0.25, 0.3) is 0 Å². The first kappa shape index (κ1) is 24.5. The molecule has 1 saturated heterocycles. The van der Waals surface area contributed by atoms with E-state index in [0.717, 1.165) is 56.4 Å². The summed E-state index contributed by atoms with van der Waals surface area (Å²) < 4.78 is 1.98. The number of carbonyl (C=O) groups excluding carboxylic acids is 1. The zero-order valence-electron chi connectivity index (χ0n) is 20.5. The monoisotopic (exact) mass is 446 g/mol. The topological polar surface area (TPSA) is 99.5 Å².